The molecule has 132 valence electrons. The van der Waals surface area contributed by atoms with Crippen LogP contribution in [-0.4, -0.2) is 65.1 Å². The SMILES string of the molecule is CN(C)[C@H]1CCN(C(=O)c2ccc(Cl)cc2O)C[C@H]1CCC(=O)O. The van der Waals surface area contributed by atoms with E-state index < -0.39 is 5.97 Å². The van der Waals surface area contributed by atoms with Crippen LogP contribution in [-0.2, 0) is 4.79 Å². The first-order valence-corrected chi connectivity index (χ1v) is 8.33. The third-order valence-electron chi connectivity index (χ3n) is 4.56. The molecule has 1 aliphatic rings. The van der Waals surface area contributed by atoms with Crippen molar-refractivity contribution in [2.75, 3.05) is 27.2 Å². The smallest absolute Gasteiger partial charge is 0.303 e. The van der Waals surface area contributed by atoms with Crippen molar-refractivity contribution in [3.8, 4) is 5.75 Å². The van der Waals surface area contributed by atoms with Gasteiger partial charge in [-0.05, 0) is 51.1 Å². The second-order valence-electron chi connectivity index (χ2n) is 6.42. The standard InChI is InChI=1S/C17H23ClN2O4/c1-19(2)14-7-8-20(10-11(14)3-6-16(22)23)17(24)13-5-4-12(18)9-15(13)21/h4-5,9,11,14,21H,3,6-8,10H2,1-2H3,(H,22,23)/t11-,14+/m1/s1. The van der Waals surface area contributed by atoms with Gasteiger partial charge in [-0.2, -0.15) is 0 Å². The lowest BCUT2D eigenvalue weighted by Gasteiger charge is -2.41. The normalized spacial score (nSPS) is 21.1. The lowest BCUT2D eigenvalue weighted by molar-refractivity contribution is -0.137. The summed E-state index contributed by atoms with van der Waals surface area (Å²) in [7, 11) is 3.95. The highest BCUT2D eigenvalue weighted by Crippen LogP contribution is 2.28. The molecule has 1 aliphatic heterocycles. The van der Waals surface area contributed by atoms with Gasteiger partial charge in [-0.3, -0.25) is 9.59 Å². The molecule has 2 N–H and O–H groups in total. The van der Waals surface area contributed by atoms with Gasteiger partial charge in [-0.15, -0.1) is 0 Å². The summed E-state index contributed by atoms with van der Waals surface area (Å²) < 4.78 is 0. The number of carbonyl (C=O) groups is 2. The van der Waals surface area contributed by atoms with Crippen molar-refractivity contribution in [3.05, 3.63) is 28.8 Å². The zero-order chi connectivity index (χ0) is 17.9. The van der Waals surface area contributed by atoms with Crippen LogP contribution in [0.25, 0.3) is 0 Å². The summed E-state index contributed by atoms with van der Waals surface area (Å²) in [5.41, 5.74) is 0.222. The Hall–Kier alpha value is -1.79. The fourth-order valence-corrected chi connectivity index (χ4v) is 3.50. The van der Waals surface area contributed by atoms with E-state index in [2.05, 4.69) is 4.90 Å². The summed E-state index contributed by atoms with van der Waals surface area (Å²) >= 11 is 5.81. The van der Waals surface area contributed by atoms with Crippen molar-refractivity contribution in [2.24, 2.45) is 5.92 Å². The third kappa shape index (κ3) is 4.39. The van der Waals surface area contributed by atoms with Crippen LogP contribution in [0.5, 0.6) is 5.75 Å². The van der Waals surface area contributed by atoms with Gasteiger partial charge >= 0.3 is 5.97 Å². The van der Waals surface area contributed by atoms with Crippen LogP contribution in [0.3, 0.4) is 0 Å². The lowest BCUT2D eigenvalue weighted by Crippen LogP contribution is -2.50. The molecule has 1 aromatic rings. The predicted molar refractivity (Wildman–Crippen MR) is 91.5 cm³/mol. The second-order valence-corrected chi connectivity index (χ2v) is 6.86. The Bertz CT molecular complexity index is 621. The molecule has 0 saturated carbocycles. The minimum atomic E-state index is -0.827. The number of benzene rings is 1. The number of nitrogens with zero attached hydrogens (tertiary/aromatic N) is 2. The summed E-state index contributed by atoms with van der Waals surface area (Å²) in [5, 5.41) is 19.3. The van der Waals surface area contributed by atoms with E-state index in [4.69, 9.17) is 16.7 Å². The van der Waals surface area contributed by atoms with Crippen LogP contribution in [0.2, 0.25) is 5.02 Å². The third-order valence-corrected chi connectivity index (χ3v) is 4.80. The van der Waals surface area contributed by atoms with Gasteiger partial charge in [0.1, 0.15) is 5.75 Å². The number of halogens is 1. The maximum Gasteiger partial charge on any atom is 0.303 e. The van der Waals surface area contributed by atoms with Crippen LogP contribution in [0.1, 0.15) is 29.6 Å². The maximum absolute atomic E-state index is 12.7. The molecule has 1 aromatic carbocycles. The Morgan fingerprint density at radius 1 is 1.38 bits per heavy atom. The van der Waals surface area contributed by atoms with E-state index in [1.165, 1.54) is 12.1 Å². The Kier molecular flexibility index (Phi) is 6.07. The molecule has 1 saturated heterocycles. The zero-order valence-electron chi connectivity index (χ0n) is 13.9. The van der Waals surface area contributed by atoms with E-state index in [0.29, 0.717) is 24.5 Å². The Morgan fingerprint density at radius 3 is 2.67 bits per heavy atom. The molecular weight excluding hydrogens is 332 g/mol. The van der Waals surface area contributed by atoms with Crippen molar-refractivity contribution in [1.82, 2.24) is 9.80 Å². The lowest BCUT2D eigenvalue weighted by atomic mass is 9.87. The Labute approximate surface area is 146 Å². The summed E-state index contributed by atoms with van der Waals surface area (Å²) in [6.07, 6.45) is 1.38. The monoisotopic (exact) mass is 354 g/mol. The van der Waals surface area contributed by atoms with Crippen molar-refractivity contribution in [1.29, 1.82) is 0 Å². The number of aliphatic carboxylic acids is 1. The highest BCUT2D eigenvalue weighted by Gasteiger charge is 2.33. The second kappa shape index (κ2) is 7.85. The van der Waals surface area contributed by atoms with E-state index in [9.17, 15) is 14.7 Å². The summed E-state index contributed by atoms with van der Waals surface area (Å²) in [6.45, 7) is 1.06. The van der Waals surface area contributed by atoms with Crippen molar-refractivity contribution >= 4 is 23.5 Å². The number of phenolic OH excluding ortho intramolecular Hbond substituents is 1. The predicted octanol–water partition coefficient (Wildman–Crippen LogP) is 2.30. The number of aromatic hydroxyl groups is 1. The molecule has 24 heavy (non-hydrogen) atoms. The first kappa shape index (κ1) is 18.5. The van der Waals surface area contributed by atoms with Crippen LogP contribution in [0.4, 0.5) is 0 Å². The molecule has 2 atom stereocenters. The fraction of sp³-hybridized carbons (Fsp3) is 0.529. The largest absolute Gasteiger partial charge is 0.507 e. The zero-order valence-corrected chi connectivity index (χ0v) is 14.7. The highest BCUT2D eigenvalue weighted by molar-refractivity contribution is 6.30. The number of carbonyl (C=O) groups excluding carboxylic acids is 1. The van der Waals surface area contributed by atoms with Gasteiger partial charge in [-0.25, -0.2) is 0 Å². The summed E-state index contributed by atoms with van der Waals surface area (Å²) in [5.74, 6) is -1.12. The molecule has 2 rings (SSSR count). The molecule has 0 radical (unpaired) electrons. The van der Waals surface area contributed by atoms with E-state index in [1.54, 1.807) is 11.0 Å². The van der Waals surface area contributed by atoms with E-state index in [-0.39, 0.29) is 35.6 Å². The minimum absolute atomic E-state index is 0.0863. The van der Waals surface area contributed by atoms with Crippen molar-refractivity contribution < 1.29 is 19.8 Å². The van der Waals surface area contributed by atoms with Crippen molar-refractivity contribution in [3.63, 3.8) is 0 Å². The van der Waals surface area contributed by atoms with Gasteiger partial charge in [0.2, 0.25) is 0 Å². The number of amides is 1. The van der Waals surface area contributed by atoms with Crippen LogP contribution < -0.4 is 0 Å². The maximum atomic E-state index is 12.7. The van der Waals surface area contributed by atoms with Gasteiger partial charge in [0.25, 0.3) is 5.91 Å². The number of phenols is 1. The molecule has 6 nitrogen and oxygen atoms in total. The van der Waals surface area contributed by atoms with E-state index in [1.807, 2.05) is 14.1 Å². The molecule has 1 heterocycles. The molecule has 0 unspecified atom stereocenters. The average Bonchev–Trinajstić information content (AvgIpc) is 2.51. The quantitative estimate of drug-likeness (QED) is 0.848. The van der Waals surface area contributed by atoms with Crippen LogP contribution in [0.15, 0.2) is 18.2 Å². The highest BCUT2D eigenvalue weighted by atomic mass is 35.5. The van der Waals surface area contributed by atoms with Gasteiger partial charge in [0.15, 0.2) is 0 Å². The molecule has 0 bridgehead atoms. The summed E-state index contributed by atoms with van der Waals surface area (Å²) in [6, 6.07) is 4.68. The number of rotatable bonds is 5. The Morgan fingerprint density at radius 2 is 2.08 bits per heavy atom. The first-order chi connectivity index (χ1) is 11.3. The number of hydrogen-bond acceptors (Lipinski definition) is 4. The summed E-state index contributed by atoms with van der Waals surface area (Å²) in [4.78, 5) is 27.4. The van der Waals surface area contributed by atoms with Gasteiger partial charge in [-0.1, -0.05) is 11.6 Å². The number of piperidine rings is 1. The Balaban J connectivity index is 2.13. The molecule has 1 amide bonds. The number of carboxylic acid groups (broad SMARTS) is 1. The fourth-order valence-electron chi connectivity index (χ4n) is 3.33. The topological polar surface area (TPSA) is 81.1 Å². The van der Waals surface area contributed by atoms with Crippen LogP contribution >= 0.6 is 11.6 Å². The van der Waals surface area contributed by atoms with E-state index >= 15 is 0 Å². The van der Waals surface area contributed by atoms with Gasteiger partial charge in [0.05, 0.1) is 5.56 Å². The number of hydrogen-bond donors (Lipinski definition) is 2. The number of likely N-dealkylation sites (tertiary alicyclic amines) is 1. The molecule has 0 spiro atoms. The molecule has 7 heteroatoms. The van der Waals surface area contributed by atoms with E-state index in [0.717, 1.165) is 6.42 Å². The molecule has 1 fully saturated rings. The van der Waals surface area contributed by atoms with Gasteiger partial charge in [0, 0.05) is 30.6 Å². The molecular formula is C17H23ClN2O4. The van der Waals surface area contributed by atoms with Crippen LogP contribution in [0, 0.1) is 5.92 Å². The first-order valence-electron chi connectivity index (χ1n) is 7.95. The number of carboxylic acids is 1. The molecule has 0 aliphatic carbocycles. The van der Waals surface area contributed by atoms with Crippen molar-refractivity contribution in [2.45, 2.75) is 25.3 Å². The molecule has 0 aromatic heterocycles. The average molecular weight is 355 g/mol. The minimum Gasteiger partial charge on any atom is -0.507 e. The van der Waals surface area contributed by atoms with Gasteiger partial charge < -0.3 is 20.0 Å².